The molecular formula is C32H58O3Si2. The Labute approximate surface area is 231 Å². The maximum atomic E-state index is 11.1. The van der Waals surface area contributed by atoms with E-state index in [9.17, 15) is 5.11 Å². The third-order valence-corrected chi connectivity index (χ3v) is 18.5. The van der Waals surface area contributed by atoms with Gasteiger partial charge in [-0.1, -0.05) is 98.1 Å². The minimum Gasteiger partial charge on any atom is -0.413 e. The molecule has 37 heavy (non-hydrogen) atoms. The lowest BCUT2D eigenvalue weighted by Gasteiger charge is -2.40. The average molecular weight is 547 g/mol. The van der Waals surface area contributed by atoms with Gasteiger partial charge in [-0.3, -0.25) is 0 Å². The smallest absolute Gasteiger partial charge is 0.192 e. The molecule has 1 aromatic rings. The normalized spacial score (nSPS) is 24.3. The molecule has 1 aliphatic carbocycles. The molecule has 212 valence electrons. The first kappa shape index (κ1) is 32.5. The number of rotatable bonds is 12. The van der Waals surface area contributed by atoms with Gasteiger partial charge in [0, 0.05) is 5.92 Å². The fourth-order valence-corrected chi connectivity index (χ4v) is 7.72. The maximum Gasteiger partial charge on any atom is 0.192 e. The predicted molar refractivity (Wildman–Crippen MR) is 165 cm³/mol. The zero-order chi connectivity index (χ0) is 28.2. The van der Waals surface area contributed by atoms with E-state index in [1.165, 1.54) is 30.4 Å². The maximum absolute atomic E-state index is 11.1. The number of allylic oxidation sites excluding steroid dienone is 1. The molecule has 0 radical (unpaired) electrons. The zero-order valence-corrected chi connectivity index (χ0v) is 28.0. The third kappa shape index (κ3) is 8.14. The molecule has 2 rings (SSSR count). The van der Waals surface area contributed by atoms with Gasteiger partial charge in [0.15, 0.2) is 16.6 Å². The lowest BCUT2D eigenvalue weighted by Crippen LogP contribution is -2.44. The molecule has 1 saturated carbocycles. The number of aliphatic hydroxyl groups excluding tert-OH is 1. The van der Waals surface area contributed by atoms with Gasteiger partial charge in [-0.15, -0.1) is 6.58 Å². The molecule has 0 saturated heterocycles. The van der Waals surface area contributed by atoms with Crippen molar-refractivity contribution in [2.24, 2.45) is 5.92 Å². The summed E-state index contributed by atoms with van der Waals surface area (Å²) in [6.07, 6.45) is 8.00. The van der Waals surface area contributed by atoms with Crippen molar-refractivity contribution in [2.75, 3.05) is 0 Å². The number of unbranched alkanes of at least 4 members (excludes halogenated alkanes) is 2. The van der Waals surface area contributed by atoms with E-state index in [0.717, 1.165) is 12.8 Å². The molecule has 1 aromatic carbocycles. The van der Waals surface area contributed by atoms with Crippen molar-refractivity contribution in [1.29, 1.82) is 0 Å². The molecule has 2 unspecified atom stereocenters. The van der Waals surface area contributed by atoms with Crippen LogP contribution in [-0.4, -0.2) is 33.9 Å². The van der Waals surface area contributed by atoms with Gasteiger partial charge in [0.25, 0.3) is 0 Å². The molecule has 5 atom stereocenters. The van der Waals surface area contributed by atoms with Gasteiger partial charge in [0.05, 0.1) is 18.3 Å². The van der Waals surface area contributed by atoms with Crippen LogP contribution >= 0.6 is 0 Å². The summed E-state index contributed by atoms with van der Waals surface area (Å²) in [4.78, 5) is 0. The molecule has 1 aliphatic rings. The standard InChI is InChI=1S/C32H58O3Si2/c1-13-15-16-18-28(34-36(9,10)31(3,4)5)24-19-21-25(22-20-24)30-26(17-14-2)27(33)23-29(30)35-37(11,12)32(6,7)8/h14,19-22,26-30,33H,2,13,15-18,23H2,1,3-12H3/t26?,27-,28?,29+,30+/m0/s1. The highest BCUT2D eigenvalue weighted by Crippen LogP contribution is 2.48. The molecule has 3 nitrogen and oxygen atoms in total. The summed E-state index contributed by atoms with van der Waals surface area (Å²) in [7, 11) is -3.87. The molecular weight excluding hydrogens is 489 g/mol. The fourth-order valence-electron chi connectivity index (χ4n) is 5.05. The minimum absolute atomic E-state index is 0.0375. The first-order valence-electron chi connectivity index (χ1n) is 14.7. The van der Waals surface area contributed by atoms with Crippen LogP contribution < -0.4 is 0 Å². The largest absolute Gasteiger partial charge is 0.413 e. The van der Waals surface area contributed by atoms with Gasteiger partial charge < -0.3 is 14.0 Å². The molecule has 0 bridgehead atoms. The Balaban J connectivity index is 2.38. The lowest BCUT2D eigenvalue weighted by atomic mass is 9.84. The van der Waals surface area contributed by atoms with E-state index in [-0.39, 0.29) is 40.2 Å². The van der Waals surface area contributed by atoms with Crippen LogP contribution in [0.4, 0.5) is 0 Å². The third-order valence-electron chi connectivity index (χ3n) is 9.53. The van der Waals surface area contributed by atoms with E-state index in [2.05, 4.69) is 105 Å². The Morgan fingerprint density at radius 2 is 1.54 bits per heavy atom. The Kier molecular flexibility index (Phi) is 11.1. The van der Waals surface area contributed by atoms with E-state index in [0.29, 0.717) is 6.42 Å². The van der Waals surface area contributed by atoms with E-state index < -0.39 is 16.6 Å². The molecule has 1 N–H and O–H groups in total. The Hall–Kier alpha value is -0.726. The second-order valence-corrected chi connectivity index (χ2v) is 24.0. The first-order valence-corrected chi connectivity index (χ1v) is 20.5. The van der Waals surface area contributed by atoms with E-state index in [1.807, 2.05) is 6.08 Å². The van der Waals surface area contributed by atoms with Crippen LogP contribution in [0.15, 0.2) is 36.9 Å². The summed E-state index contributed by atoms with van der Waals surface area (Å²) in [5.74, 6) is 0.318. The highest BCUT2D eigenvalue weighted by molar-refractivity contribution is 6.74. The van der Waals surface area contributed by atoms with Gasteiger partial charge in [-0.05, 0) is 72.6 Å². The van der Waals surface area contributed by atoms with Gasteiger partial charge in [-0.25, -0.2) is 0 Å². The van der Waals surface area contributed by atoms with Gasteiger partial charge >= 0.3 is 0 Å². The quantitative estimate of drug-likeness (QED) is 0.161. The molecule has 5 heteroatoms. The molecule has 1 fully saturated rings. The van der Waals surface area contributed by atoms with Crippen molar-refractivity contribution in [3.63, 3.8) is 0 Å². The lowest BCUT2D eigenvalue weighted by molar-refractivity contribution is 0.122. The van der Waals surface area contributed by atoms with E-state index in [4.69, 9.17) is 8.85 Å². The summed E-state index contributed by atoms with van der Waals surface area (Å²) in [5, 5.41) is 11.4. The number of benzene rings is 1. The van der Waals surface area contributed by atoms with Crippen LogP contribution in [-0.2, 0) is 8.85 Å². The highest BCUT2D eigenvalue weighted by atomic mass is 28.4. The Bertz CT molecular complexity index is 848. The summed E-state index contributed by atoms with van der Waals surface area (Å²) in [5.41, 5.74) is 2.56. The number of hydrogen-bond donors (Lipinski definition) is 1. The predicted octanol–water partition coefficient (Wildman–Crippen LogP) is 9.76. The second-order valence-electron chi connectivity index (χ2n) is 14.5. The monoisotopic (exact) mass is 546 g/mol. The van der Waals surface area contributed by atoms with Crippen molar-refractivity contribution in [3.8, 4) is 0 Å². The Morgan fingerprint density at radius 3 is 2.03 bits per heavy atom. The van der Waals surface area contributed by atoms with E-state index in [1.54, 1.807) is 0 Å². The summed E-state index contributed by atoms with van der Waals surface area (Å²) in [6, 6.07) is 9.16. The first-order chi connectivity index (χ1) is 16.9. The van der Waals surface area contributed by atoms with Crippen molar-refractivity contribution < 1.29 is 14.0 Å². The van der Waals surface area contributed by atoms with Crippen LogP contribution in [0.1, 0.15) is 110 Å². The van der Waals surface area contributed by atoms with Gasteiger partial charge in [-0.2, -0.15) is 0 Å². The minimum atomic E-state index is -1.97. The molecule has 0 heterocycles. The van der Waals surface area contributed by atoms with Crippen LogP contribution in [0.2, 0.25) is 36.3 Å². The fraction of sp³-hybridized carbons (Fsp3) is 0.750. The van der Waals surface area contributed by atoms with Gasteiger partial charge in [0.2, 0.25) is 0 Å². The van der Waals surface area contributed by atoms with Crippen molar-refractivity contribution >= 4 is 16.6 Å². The second kappa shape index (κ2) is 12.6. The van der Waals surface area contributed by atoms with E-state index >= 15 is 0 Å². The number of hydrogen-bond acceptors (Lipinski definition) is 3. The van der Waals surface area contributed by atoms with Crippen LogP contribution in [0.5, 0.6) is 0 Å². The van der Waals surface area contributed by atoms with Gasteiger partial charge in [0.1, 0.15) is 0 Å². The average Bonchev–Trinajstić information content (AvgIpc) is 3.06. The zero-order valence-electron chi connectivity index (χ0n) is 26.0. The summed E-state index contributed by atoms with van der Waals surface area (Å²) in [6.45, 7) is 29.4. The molecule has 0 aliphatic heterocycles. The SMILES string of the molecule is C=CCC1[C@@H](c2ccc(C(CCCCC)O[Si](C)(C)C(C)(C)C)cc2)[C@H](O[Si](C)(C)C(C)(C)C)C[C@@H]1O. The summed E-state index contributed by atoms with van der Waals surface area (Å²) >= 11 is 0. The topological polar surface area (TPSA) is 38.7 Å². The number of aliphatic hydroxyl groups is 1. The van der Waals surface area contributed by atoms with Crippen molar-refractivity contribution in [2.45, 2.75) is 147 Å². The Morgan fingerprint density at radius 1 is 0.973 bits per heavy atom. The summed E-state index contributed by atoms with van der Waals surface area (Å²) < 4.78 is 13.9. The highest BCUT2D eigenvalue weighted by Gasteiger charge is 2.48. The van der Waals surface area contributed by atoms with Crippen LogP contribution in [0.25, 0.3) is 0 Å². The molecule has 0 spiro atoms. The van der Waals surface area contributed by atoms with Crippen molar-refractivity contribution in [1.82, 2.24) is 0 Å². The van der Waals surface area contributed by atoms with Crippen LogP contribution in [0, 0.1) is 5.92 Å². The van der Waals surface area contributed by atoms with Crippen LogP contribution in [0.3, 0.4) is 0 Å². The van der Waals surface area contributed by atoms with Crippen molar-refractivity contribution in [3.05, 3.63) is 48.0 Å². The molecule has 0 amide bonds. The molecule has 0 aromatic heterocycles.